The number of rotatable bonds is 2. The Morgan fingerprint density at radius 2 is 1.77 bits per heavy atom. The number of hydrazone groups is 1. The highest BCUT2D eigenvalue weighted by atomic mass is 15.5. The lowest BCUT2D eigenvalue weighted by atomic mass is 10.3. The molecule has 0 bridgehead atoms. The van der Waals surface area contributed by atoms with Crippen LogP contribution in [0.3, 0.4) is 0 Å². The van der Waals surface area contributed by atoms with Crippen LogP contribution in [0.1, 0.15) is 27.7 Å². The normalized spacial score (nSPS) is 17.5. The van der Waals surface area contributed by atoms with E-state index in [4.69, 9.17) is 0 Å². The van der Waals surface area contributed by atoms with E-state index >= 15 is 0 Å². The van der Waals surface area contributed by atoms with Gasteiger partial charge in [-0.2, -0.15) is 5.10 Å². The van der Waals surface area contributed by atoms with Crippen molar-refractivity contribution in [3.8, 4) is 0 Å². The lowest BCUT2D eigenvalue weighted by molar-refractivity contribution is 0.252. The van der Waals surface area contributed by atoms with Crippen LogP contribution in [0.5, 0.6) is 0 Å². The summed E-state index contributed by atoms with van der Waals surface area (Å²) in [6, 6.07) is 0. The van der Waals surface area contributed by atoms with E-state index in [-0.39, 0.29) is 0 Å². The lowest BCUT2D eigenvalue weighted by Crippen LogP contribution is -2.40. The summed E-state index contributed by atoms with van der Waals surface area (Å²) in [5.41, 5.74) is 0. The highest BCUT2D eigenvalue weighted by molar-refractivity contribution is 5.59. The Morgan fingerprint density at radius 3 is 2.23 bits per heavy atom. The van der Waals surface area contributed by atoms with Crippen molar-refractivity contribution < 1.29 is 0 Å². The molecule has 1 saturated heterocycles. The Balaban J connectivity index is 0.000000671. The molecular weight excluding hydrogens is 162 g/mol. The second-order valence-corrected chi connectivity index (χ2v) is 3.21. The van der Waals surface area contributed by atoms with Gasteiger partial charge in [0, 0.05) is 32.4 Å². The van der Waals surface area contributed by atoms with E-state index in [0.717, 1.165) is 26.2 Å². The van der Waals surface area contributed by atoms with Crippen molar-refractivity contribution in [2.45, 2.75) is 27.7 Å². The van der Waals surface area contributed by atoms with Crippen LogP contribution in [-0.2, 0) is 0 Å². The minimum absolute atomic E-state index is 0.560. The van der Waals surface area contributed by atoms with Gasteiger partial charge < -0.3 is 5.32 Å². The minimum atomic E-state index is 0.560. The van der Waals surface area contributed by atoms with Crippen molar-refractivity contribution in [1.82, 2.24) is 10.3 Å². The topological polar surface area (TPSA) is 27.6 Å². The Bertz CT molecular complexity index is 126. The summed E-state index contributed by atoms with van der Waals surface area (Å²) < 4.78 is 0. The van der Waals surface area contributed by atoms with Crippen LogP contribution in [0.15, 0.2) is 5.10 Å². The molecule has 3 heteroatoms. The molecule has 0 aliphatic carbocycles. The van der Waals surface area contributed by atoms with Crippen molar-refractivity contribution in [3.05, 3.63) is 0 Å². The molecule has 0 unspecified atom stereocenters. The summed E-state index contributed by atoms with van der Waals surface area (Å²) in [4.78, 5) is 0. The third-order valence-corrected chi connectivity index (χ3v) is 1.62. The van der Waals surface area contributed by atoms with E-state index in [1.807, 2.05) is 20.1 Å². The fraction of sp³-hybridized carbons (Fsp3) is 0.900. The van der Waals surface area contributed by atoms with E-state index in [1.165, 1.54) is 0 Å². The van der Waals surface area contributed by atoms with Gasteiger partial charge in [-0.25, -0.2) is 0 Å². The summed E-state index contributed by atoms with van der Waals surface area (Å²) in [7, 11) is 0. The second-order valence-electron chi connectivity index (χ2n) is 3.21. The molecule has 1 fully saturated rings. The van der Waals surface area contributed by atoms with Crippen molar-refractivity contribution in [3.63, 3.8) is 0 Å². The van der Waals surface area contributed by atoms with Gasteiger partial charge in [0.25, 0.3) is 0 Å². The van der Waals surface area contributed by atoms with Crippen LogP contribution in [0.2, 0.25) is 0 Å². The van der Waals surface area contributed by atoms with Crippen molar-refractivity contribution in [2.75, 3.05) is 26.2 Å². The second kappa shape index (κ2) is 8.05. The number of piperazine rings is 1. The van der Waals surface area contributed by atoms with Gasteiger partial charge in [0.15, 0.2) is 0 Å². The molecule has 1 rings (SSSR count). The van der Waals surface area contributed by atoms with Crippen molar-refractivity contribution in [1.29, 1.82) is 0 Å². The molecule has 78 valence electrons. The summed E-state index contributed by atoms with van der Waals surface area (Å²) in [5, 5.41) is 9.76. The first kappa shape index (κ1) is 12.4. The Labute approximate surface area is 82.2 Å². The van der Waals surface area contributed by atoms with Crippen molar-refractivity contribution in [2.24, 2.45) is 11.0 Å². The first-order chi connectivity index (χ1) is 6.29. The standard InChI is InChI=1S/C8H17N3.C2H6/c1-8(2)7-10-11-5-3-9-4-6-11;1-2/h7-9H,3-6H2,1-2H3;1-2H3/b10-7+;. The zero-order chi connectivity index (χ0) is 10.1. The van der Waals surface area contributed by atoms with E-state index in [0.29, 0.717) is 5.92 Å². The highest BCUT2D eigenvalue weighted by Crippen LogP contribution is 1.93. The number of nitrogens with one attached hydrogen (secondary N) is 1. The number of nitrogens with zero attached hydrogens (tertiary/aromatic N) is 2. The average Bonchev–Trinajstić information content (AvgIpc) is 2.19. The summed E-state index contributed by atoms with van der Waals surface area (Å²) >= 11 is 0. The highest BCUT2D eigenvalue weighted by Gasteiger charge is 2.04. The molecule has 0 radical (unpaired) electrons. The molecule has 1 aliphatic heterocycles. The summed E-state index contributed by atoms with van der Waals surface area (Å²) in [6.07, 6.45) is 2.01. The molecule has 0 saturated carbocycles. The SMILES string of the molecule is CC.CC(C)/C=N/N1CCNCC1. The maximum Gasteiger partial charge on any atom is 0.0485 e. The third-order valence-electron chi connectivity index (χ3n) is 1.62. The first-order valence-corrected chi connectivity index (χ1v) is 5.29. The first-order valence-electron chi connectivity index (χ1n) is 5.29. The minimum Gasteiger partial charge on any atom is -0.313 e. The molecule has 0 aromatic heterocycles. The molecule has 1 N–H and O–H groups in total. The Morgan fingerprint density at radius 1 is 1.23 bits per heavy atom. The van der Waals surface area contributed by atoms with Crippen LogP contribution in [0, 0.1) is 5.92 Å². The van der Waals surface area contributed by atoms with E-state index in [9.17, 15) is 0 Å². The molecular formula is C10H23N3. The molecule has 0 atom stereocenters. The van der Waals surface area contributed by atoms with E-state index in [2.05, 4.69) is 29.3 Å². The molecule has 0 aromatic rings. The number of hydrogen-bond acceptors (Lipinski definition) is 3. The van der Waals surface area contributed by atoms with Gasteiger partial charge in [0.1, 0.15) is 0 Å². The third kappa shape index (κ3) is 6.58. The summed E-state index contributed by atoms with van der Waals surface area (Å²) in [6.45, 7) is 12.5. The zero-order valence-corrected chi connectivity index (χ0v) is 9.38. The van der Waals surface area contributed by atoms with Gasteiger partial charge in [0.2, 0.25) is 0 Å². The smallest absolute Gasteiger partial charge is 0.0485 e. The fourth-order valence-electron chi connectivity index (χ4n) is 0.996. The quantitative estimate of drug-likeness (QED) is 0.661. The Hall–Kier alpha value is -0.570. The van der Waals surface area contributed by atoms with Crippen LogP contribution in [0.4, 0.5) is 0 Å². The molecule has 0 aromatic carbocycles. The van der Waals surface area contributed by atoms with Gasteiger partial charge in [-0.05, 0) is 5.92 Å². The van der Waals surface area contributed by atoms with Gasteiger partial charge in [0.05, 0.1) is 0 Å². The molecule has 1 heterocycles. The van der Waals surface area contributed by atoms with Gasteiger partial charge in [-0.1, -0.05) is 27.7 Å². The van der Waals surface area contributed by atoms with Crippen LogP contribution in [-0.4, -0.2) is 37.4 Å². The monoisotopic (exact) mass is 185 g/mol. The van der Waals surface area contributed by atoms with Gasteiger partial charge in [-0.15, -0.1) is 0 Å². The van der Waals surface area contributed by atoms with E-state index in [1.54, 1.807) is 0 Å². The van der Waals surface area contributed by atoms with Gasteiger partial charge in [-0.3, -0.25) is 5.01 Å². The maximum atomic E-state index is 4.35. The van der Waals surface area contributed by atoms with Crippen molar-refractivity contribution >= 4 is 6.21 Å². The largest absolute Gasteiger partial charge is 0.313 e. The van der Waals surface area contributed by atoms with Crippen LogP contribution < -0.4 is 5.32 Å². The average molecular weight is 185 g/mol. The predicted octanol–water partition coefficient (Wildman–Crippen LogP) is 1.56. The molecule has 0 amide bonds. The lowest BCUT2D eigenvalue weighted by Gasteiger charge is -2.24. The Kier molecular flexibility index (Phi) is 7.69. The van der Waals surface area contributed by atoms with Gasteiger partial charge >= 0.3 is 0 Å². The molecule has 13 heavy (non-hydrogen) atoms. The van der Waals surface area contributed by atoms with E-state index < -0.39 is 0 Å². The summed E-state index contributed by atoms with van der Waals surface area (Å²) in [5.74, 6) is 0.560. The molecule has 1 aliphatic rings. The van der Waals surface area contributed by atoms with Crippen LogP contribution >= 0.6 is 0 Å². The fourth-order valence-corrected chi connectivity index (χ4v) is 0.996. The van der Waals surface area contributed by atoms with Crippen LogP contribution in [0.25, 0.3) is 0 Å². The zero-order valence-electron chi connectivity index (χ0n) is 9.38. The maximum absolute atomic E-state index is 4.35. The molecule has 0 spiro atoms. The predicted molar refractivity (Wildman–Crippen MR) is 59.1 cm³/mol. The molecule has 3 nitrogen and oxygen atoms in total. The number of hydrogen-bond donors (Lipinski definition) is 1.